The van der Waals surface area contributed by atoms with Crippen molar-refractivity contribution in [1.82, 2.24) is 15.0 Å². The van der Waals surface area contributed by atoms with E-state index in [9.17, 15) is 0 Å². The minimum absolute atomic E-state index is 0.0103. The summed E-state index contributed by atoms with van der Waals surface area (Å²) >= 11 is 1.75. The predicted molar refractivity (Wildman–Crippen MR) is 126 cm³/mol. The van der Waals surface area contributed by atoms with Gasteiger partial charge in [-0.25, -0.2) is 9.97 Å². The molecule has 0 radical (unpaired) electrons. The van der Waals surface area contributed by atoms with E-state index in [-0.39, 0.29) is 11.5 Å². The smallest absolute Gasteiger partial charge is 0.162 e. The molecule has 0 saturated heterocycles. The molecule has 0 bridgehead atoms. The molecule has 4 rings (SSSR count). The molecule has 5 nitrogen and oxygen atoms in total. The first-order valence-corrected chi connectivity index (χ1v) is 11.0. The van der Waals surface area contributed by atoms with Crippen LogP contribution in [0, 0.1) is 0 Å². The monoisotopic (exact) mass is 417 g/mol. The van der Waals surface area contributed by atoms with Gasteiger partial charge < -0.3 is 11.1 Å². The number of nitrogens with two attached hydrogens (primary N) is 1. The predicted octanol–water partition coefficient (Wildman–Crippen LogP) is 5.03. The zero-order valence-corrected chi connectivity index (χ0v) is 18.4. The van der Waals surface area contributed by atoms with Crippen LogP contribution < -0.4 is 11.1 Å². The molecule has 3 aromatic heterocycles. The third-order valence-electron chi connectivity index (χ3n) is 4.92. The molecule has 1 atom stereocenters. The summed E-state index contributed by atoms with van der Waals surface area (Å²) in [4.78, 5) is 15.1. The molecule has 1 aromatic carbocycles. The Morgan fingerprint density at radius 1 is 1.03 bits per heavy atom. The molecule has 0 spiro atoms. The Hall–Kier alpha value is -2.83. The van der Waals surface area contributed by atoms with Gasteiger partial charge in [-0.3, -0.25) is 4.98 Å². The normalized spacial score (nSPS) is 12.8. The average molecular weight is 418 g/mol. The standard InChI is InChI=1S/C24H27N5S/c1-24(2,3)20-14-19-21(30-20)23(29-22(28-19)17-9-11-26-12-10-17)27-15-18(25)13-16-7-5-4-6-8-16/h4-12,14,18H,13,15,25H2,1-3H3,(H,27,28,29). The van der Waals surface area contributed by atoms with Crippen LogP contribution in [-0.2, 0) is 11.8 Å². The van der Waals surface area contributed by atoms with Gasteiger partial charge in [-0.15, -0.1) is 11.3 Å². The van der Waals surface area contributed by atoms with Crippen molar-refractivity contribution in [3.63, 3.8) is 0 Å². The zero-order valence-electron chi connectivity index (χ0n) is 17.6. The molecule has 154 valence electrons. The molecule has 0 fully saturated rings. The average Bonchev–Trinajstić information content (AvgIpc) is 3.18. The summed E-state index contributed by atoms with van der Waals surface area (Å²) in [5.41, 5.74) is 9.62. The van der Waals surface area contributed by atoms with Gasteiger partial charge in [0.05, 0.1) is 10.2 Å². The van der Waals surface area contributed by atoms with E-state index in [4.69, 9.17) is 15.7 Å². The topological polar surface area (TPSA) is 76.7 Å². The Morgan fingerprint density at radius 2 is 1.77 bits per heavy atom. The number of hydrogen-bond acceptors (Lipinski definition) is 6. The lowest BCUT2D eigenvalue weighted by Crippen LogP contribution is -2.31. The van der Waals surface area contributed by atoms with Gasteiger partial charge in [0.2, 0.25) is 0 Å². The molecule has 0 amide bonds. The van der Waals surface area contributed by atoms with Crippen LogP contribution in [0.3, 0.4) is 0 Å². The lowest BCUT2D eigenvalue weighted by atomic mass is 9.95. The van der Waals surface area contributed by atoms with Crippen molar-refractivity contribution in [2.45, 2.75) is 38.6 Å². The molecule has 0 aliphatic heterocycles. The molecule has 0 aliphatic rings. The Kier molecular flexibility index (Phi) is 5.79. The number of thiophene rings is 1. The summed E-state index contributed by atoms with van der Waals surface area (Å²) in [6.45, 7) is 7.30. The Labute approximate surface area is 181 Å². The van der Waals surface area contributed by atoms with Crippen LogP contribution in [-0.4, -0.2) is 27.5 Å². The lowest BCUT2D eigenvalue weighted by molar-refractivity contribution is 0.604. The molecule has 3 heterocycles. The summed E-state index contributed by atoms with van der Waals surface area (Å²) in [6.07, 6.45) is 4.34. The summed E-state index contributed by atoms with van der Waals surface area (Å²) in [5, 5.41) is 3.50. The van der Waals surface area contributed by atoms with Crippen LogP contribution in [0.4, 0.5) is 5.82 Å². The van der Waals surface area contributed by atoms with Crippen molar-refractivity contribution in [1.29, 1.82) is 0 Å². The number of pyridine rings is 1. The Morgan fingerprint density at radius 3 is 2.47 bits per heavy atom. The van der Waals surface area contributed by atoms with E-state index in [1.807, 2.05) is 30.3 Å². The van der Waals surface area contributed by atoms with Gasteiger partial charge in [-0.05, 0) is 35.6 Å². The zero-order chi connectivity index (χ0) is 21.1. The molecule has 0 aliphatic carbocycles. The largest absolute Gasteiger partial charge is 0.367 e. The number of rotatable bonds is 6. The highest BCUT2D eigenvalue weighted by Gasteiger charge is 2.20. The molecular weight excluding hydrogens is 390 g/mol. The summed E-state index contributed by atoms with van der Waals surface area (Å²) in [5.74, 6) is 1.54. The second-order valence-corrected chi connectivity index (χ2v) is 9.59. The van der Waals surface area contributed by atoms with E-state index in [1.165, 1.54) is 10.4 Å². The summed E-state index contributed by atoms with van der Waals surface area (Å²) in [6, 6.07) is 16.4. The van der Waals surface area contributed by atoms with Gasteiger partial charge in [-0.1, -0.05) is 51.1 Å². The fourth-order valence-corrected chi connectivity index (χ4v) is 4.39. The molecular formula is C24H27N5S. The van der Waals surface area contributed by atoms with Gasteiger partial charge in [0.15, 0.2) is 5.82 Å². The maximum absolute atomic E-state index is 6.41. The maximum Gasteiger partial charge on any atom is 0.162 e. The van der Waals surface area contributed by atoms with E-state index >= 15 is 0 Å². The fourth-order valence-electron chi connectivity index (χ4n) is 3.27. The third kappa shape index (κ3) is 4.66. The van der Waals surface area contributed by atoms with Crippen LogP contribution in [0.1, 0.15) is 31.2 Å². The molecule has 1 unspecified atom stereocenters. The van der Waals surface area contributed by atoms with Crippen molar-refractivity contribution < 1.29 is 0 Å². The van der Waals surface area contributed by atoms with E-state index in [1.54, 1.807) is 23.7 Å². The molecule has 3 N–H and O–H groups in total. The number of nitrogens with zero attached hydrogens (tertiary/aromatic N) is 3. The van der Waals surface area contributed by atoms with Crippen LogP contribution in [0.2, 0.25) is 0 Å². The number of nitrogens with one attached hydrogen (secondary N) is 1. The first-order chi connectivity index (χ1) is 14.4. The maximum atomic E-state index is 6.41. The summed E-state index contributed by atoms with van der Waals surface area (Å²) < 4.78 is 1.07. The molecule has 6 heteroatoms. The van der Waals surface area contributed by atoms with Gasteiger partial charge in [0.25, 0.3) is 0 Å². The van der Waals surface area contributed by atoms with Gasteiger partial charge >= 0.3 is 0 Å². The third-order valence-corrected chi connectivity index (χ3v) is 6.48. The van der Waals surface area contributed by atoms with Crippen LogP contribution in [0.5, 0.6) is 0 Å². The minimum atomic E-state index is -0.0103. The molecule has 4 aromatic rings. The molecule has 30 heavy (non-hydrogen) atoms. The van der Waals surface area contributed by atoms with Crippen LogP contribution in [0.25, 0.3) is 21.6 Å². The Bertz CT molecular complexity index is 1120. The van der Waals surface area contributed by atoms with E-state index < -0.39 is 0 Å². The van der Waals surface area contributed by atoms with Crippen molar-refractivity contribution in [3.8, 4) is 11.4 Å². The van der Waals surface area contributed by atoms with Crippen molar-refractivity contribution in [3.05, 3.63) is 71.4 Å². The highest BCUT2D eigenvalue weighted by Crippen LogP contribution is 2.37. The van der Waals surface area contributed by atoms with Gasteiger partial charge in [0.1, 0.15) is 5.82 Å². The second kappa shape index (κ2) is 8.50. The lowest BCUT2D eigenvalue weighted by Gasteiger charge is -2.15. The highest BCUT2D eigenvalue weighted by atomic mass is 32.1. The van der Waals surface area contributed by atoms with Crippen LogP contribution in [0.15, 0.2) is 60.9 Å². The van der Waals surface area contributed by atoms with Gasteiger partial charge in [-0.2, -0.15) is 0 Å². The second-order valence-electron chi connectivity index (χ2n) is 8.54. The number of hydrogen-bond donors (Lipinski definition) is 2. The highest BCUT2D eigenvalue weighted by molar-refractivity contribution is 7.19. The number of fused-ring (bicyclic) bond motifs is 1. The van der Waals surface area contributed by atoms with Gasteiger partial charge in [0, 0.05) is 35.4 Å². The van der Waals surface area contributed by atoms with Crippen molar-refractivity contribution >= 4 is 27.4 Å². The Balaban J connectivity index is 1.65. The number of benzene rings is 1. The SMILES string of the molecule is CC(C)(C)c1cc2nc(-c3ccncc3)nc(NCC(N)Cc3ccccc3)c2s1. The summed E-state index contributed by atoms with van der Waals surface area (Å²) in [7, 11) is 0. The molecule has 0 saturated carbocycles. The number of aromatic nitrogens is 3. The quantitative estimate of drug-likeness (QED) is 0.460. The first-order valence-electron chi connectivity index (χ1n) is 10.2. The van der Waals surface area contributed by atoms with E-state index in [0.29, 0.717) is 12.4 Å². The van der Waals surface area contributed by atoms with E-state index in [2.05, 4.69) is 49.3 Å². The van der Waals surface area contributed by atoms with Crippen molar-refractivity contribution in [2.24, 2.45) is 5.73 Å². The first kappa shape index (κ1) is 20.4. The minimum Gasteiger partial charge on any atom is -0.367 e. The van der Waals surface area contributed by atoms with E-state index in [0.717, 1.165) is 28.0 Å². The van der Waals surface area contributed by atoms with Crippen molar-refractivity contribution in [2.75, 3.05) is 11.9 Å². The van der Waals surface area contributed by atoms with Crippen LogP contribution >= 0.6 is 11.3 Å². The fraction of sp³-hybridized carbons (Fsp3) is 0.292. The number of anilines is 1.